The molecule has 0 fully saturated rings. The van der Waals surface area contributed by atoms with Gasteiger partial charge in [-0.15, -0.1) is 0 Å². The Hall–Kier alpha value is -2.77. The van der Waals surface area contributed by atoms with E-state index in [2.05, 4.69) is 37.0 Å². The predicted molar refractivity (Wildman–Crippen MR) is 120 cm³/mol. The topological polar surface area (TPSA) is 47.9 Å². The molecule has 1 heterocycles. The summed E-state index contributed by atoms with van der Waals surface area (Å²) in [4.78, 5) is 17.3. The van der Waals surface area contributed by atoms with E-state index in [4.69, 9.17) is 9.57 Å². The summed E-state index contributed by atoms with van der Waals surface area (Å²) in [6.45, 7) is 0.165. The van der Waals surface area contributed by atoms with Gasteiger partial charge in [0.2, 0.25) is 0 Å². The summed E-state index contributed by atoms with van der Waals surface area (Å²) < 4.78 is 20.9. The van der Waals surface area contributed by atoms with Crippen LogP contribution in [0, 0.1) is 5.82 Å². The lowest BCUT2D eigenvalue weighted by atomic mass is 10.0. The molecule has 4 nitrogen and oxygen atoms in total. The lowest BCUT2D eigenvalue weighted by molar-refractivity contribution is -0.136. The molecule has 0 aliphatic carbocycles. The zero-order valence-electron chi connectivity index (χ0n) is 15.4. The Morgan fingerprint density at radius 2 is 1.83 bits per heavy atom. The summed E-state index contributed by atoms with van der Waals surface area (Å²) in [6.07, 6.45) is 1.68. The zero-order chi connectivity index (χ0) is 21.1. The molecule has 150 valence electrons. The molecule has 7 heteroatoms. The van der Waals surface area contributed by atoms with E-state index in [1.807, 2.05) is 42.5 Å². The largest absolute Gasteiger partial charge is 0.487 e. The summed E-state index contributed by atoms with van der Waals surface area (Å²) in [7, 11) is 0. The third-order valence-corrected chi connectivity index (χ3v) is 5.40. The van der Waals surface area contributed by atoms with Crippen molar-refractivity contribution in [1.29, 1.82) is 0 Å². The fourth-order valence-corrected chi connectivity index (χ4v) is 4.36. The first kappa shape index (κ1) is 20.5. The van der Waals surface area contributed by atoms with Crippen molar-refractivity contribution in [2.75, 3.05) is 0 Å². The number of oxime groups is 1. The lowest BCUT2D eigenvalue weighted by Gasteiger charge is -2.13. The fraction of sp³-hybridized carbons (Fsp3) is 0.0435. The van der Waals surface area contributed by atoms with Gasteiger partial charge in [0.15, 0.2) is 0 Å². The van der Waals surface area contributed by atoms with Crippen LogP contribution in [0.5, 0.6) is 5.75 Å². The first-order valence-corrected chi connectivity index (χ1v) is 10.5. The van der Waals surface area contributed by atoms with Crippen LogP contribution in [0.3, 0.4) is 0 Å². The second-order valence-corrected chi connectivity index (χ2v) is 8.24. The van der Waals surface area contributed by atoms with Crippen molar-refractivity contribution in [2.45, 2.75) is 6.61 Å². The van der Waals surface area contributed by atoms with Crippen LogP contribution in [0.25, 0.3) is 6.08 Å². The Morgan fingerprint density at radius 1 is 1.03 bits per heavy atom. The monoisotopic (exact) mass is 529 g/mol. The molecule has 0 aromatic heterocycles. The molecule has 0 saturated heterocycles. The van der Waals surface area contributed by atoms with Gasteiger partial charge in [0.1, 0.15) is 23.9 Å². The number of halogens is 3. The van der Waals surface area contributed by atoms with Crippen molar-refractivity contribution in [1.82, 2.24) is 0 Å². The van der Waals surface area contributed by atoms with E-state index in [1.165, 1.54) is 12.1 Å². The van der Waals surface area contributed by atoms with Crippen molar-refractivity contribution in [2.24, 2.45) is 5.16 Å². The number of carbonyl (C=O) groups excluding carboxylic acids is 1. The molecule has 4 rings (SSSR count). The van der Waals surface area contributed by atoms with Crippen LogP contribution in [0.15, 0.2) is 86.4 Å². The third kappa shape index (κ3) is 4.52. The summed E-state index contributed by atoms with van der Waals surface area (Å²) in [6, 6.07) is 19.2. The number of rotatable bonds is 5. The van der Waals surface area contributed by atoms with Gasteiger partial charge in [-0.05, 0) is 51.8 Å². The molecule has 0 unspecified atom stereocenters. The maximum absolute atomic E-state index is 13.5. The average molecular weight is 531 g/mol. The van der Waals surface area contributed by atoms with Crippen molar-refractivity contribution in [3.8, 4) is 5.75 Å². The summed E-state index contributed by atoms with van der Waals surface area (Å²) in [5, 5.41) is 3.94. The van der Waals surface area contributed by atoms with Crippen molar-refractivity contribution >= 4 is 49.6 Å². The van der Waals surface area contributed by atoms with Gasteiger partial charge in [-0.2, -0.15) is 0 Å². The third-order valence-electron chi connectivity index (χ3n) is 4.35. The molecule has 0 radical (unpaired) electrons. The van der Waals surface area contributed by atoms with Gasteiger partial charge in [0, 0.05) is 15.6 Å². The summed E-state index contributed by atoms with van der Waals surface area (Å²) in [5.41, 5.74) is 2.88. The second kappa shape index (κ2) is 8.93. The Bertz CT molecular complexity index is 1180. The Balaban J connectivity index is 1.71. The Labute approximate surface area is 189 Å². The minimum atomic E-state index is -0.541. The van der Waals surface area contributed by atoms with Crippen LogP contribution in [0.2, 0.25) is 0 Å². The van der Waals surface area contributed by atoms with E-state index in [9.17, 15) is 9.18 Å². The molecular weight excluding hydrogens is 517 g/mol. The normalized spacial score (nSPS) is 14.6. The molecule has 1 aliphatic rings. The minimum absolute atomic E-state index is 0.165. The van der Waals surface area contributed by atoms with Crippen molar-refractivity contribution in [3.63, 3.8) is 0 Å². The van der Waals surface area contributed by atoms with Crippen LogP contribution in [-0.4, -0.2) is 11.7 Å². The number of hydrogen-bond acceptors (Lipinski definition) is 4. The summed E-state index contributed by atoms with van der Waals surface area (Å²) >= 11 is 6.97. The molecule has 0 bridgehead atoms. The molecule has 0 saturated carbocycles. The van der Waals surface area contributed by atoms with Gasteiger partial charge < -0.3 is 9.57 Å². The highest BCUT2D eigenvalue weighted by Gasteiger charge is 2.27. The molecule has 3 aromatic carbocycles. The number of nitrogens with zero attached hydrogens (tertiary/aromatic N) is 1. The quantitative estimate of drug-likeness (QED) is 0.288. The highest BCUT2D eigenvalue weighted by atomic mass is 79.9. The SMILES string of the molecule is O=C1ON=C(c2ccccc2)/C1=C/c1cc(Br)cc(Br)c1OCc1cccc(F)c1. The molecule has 0 spiro atoms. The van der Waals surface area contributed by atoms with Gasteiger partial charge >= 0.3 is 5.97 Å². The second-order valence-electron chi connectivity index (χ2n) is 6.47. The van der Waals surface area contributed by atoms with Gasteiger partial charge in [-0.25, -0.2) is 9.18 Å². The standard InChI is InChI=1S/C23H14Br2FNO3/c24-17-10-16(11-19-21(27-30-23(19)28)15-6-2-1-3-7-15)22(20(25)12-17)29-13-14-5-4-8-18(26)9-14/h1-12H,13H2/b19-11-. The smallest absolute Gasteiger partial charge is 0.368 e. The predicted octanol–water partition coefficient (Wildman–Crippen LogP) is 6.27. The zero-order valence-corrected chi connectivity index (χ0v) is 18.6. The van der Waals surface area contributed by atoms with Crippen LogP contribution in [-0.2, 0) is 16.2 Å². The van der Waals surface area contributed by atoms with Crippen LogP contribution in [0.4, 0.5) is 4.39 Å². The van der Waals surface area contributed by atoms with Crippen LogP contribution in [0.1, 0.15) is 16.7 Å². The molecule has 1 aliphatic heterocycles. The number of carbonyl (C=O) groups is 1. The number of hydrogen-bond donors (Lipinski definition) is 0. The molecular formula is C23H14Br2FNO3. The summed E-state index contributed by atoms with van der Waals surface area (Å²) in [5.74, 6) is -0.353. The maximum Gasteiger partial charge on any atom is 0.368 e. The van der Waals surface area contributed by atoms with Crippen molar-refractivity contribution < 1.29 is 18.8 Å². The van der Waals surface area contributed by atoms with E-state index in [-0.39, 0.29) is 12.4 Å². The molecule has 0 atom stereocenters. The fourth-order valence-electron chi connectivity index (χ4n) is 2.99. The molecule has 3 aromatic rings. The van der Waals surface area contributed by atoms with Crippen LogP contribution < -0.4 is 4.74 Å². The van der Waals surface area contributed by atoms with E-state index in [0.717, 1.165) is 10.0 Å². The number of ether oxygens (including phenoxy) is 1. The maximum atomic E-state index is 13.5. The van der Waals surface area contributed by atoms with Gasteiger partial charge in [-0.3, -0.25) is 0 Å². The van der Waals surface area contributed by atoms with Gasteiger partial charge in [0.25, 0.3) is 0 Å². The van der Waals surface area contributed by atoms with Crippen LogP contribution >= 0.6 is 31.9 Å². The molecule has 0 N–H and O–H groups in total. The van der Waals surface area contributed by atoms with Gasteiger partial charge in [-0.1, -0.05) is 63.6 Å². The molecule has 0 amide bonds. The highest BCUT2D eigenvalue weighted by Crippen LogP contribution is 2.36. The average Bonchev–Trinajstić information content (AvgIpc) is 3.08. The Morgan fingerprint density at radius 3 is 2.60 bits per heavy atom. The van der Waals surface area contributed by atoms with E-state index in [1.54, 1.807) is 18.2 Å². The minimum Gasteiger partial charge on any atom is -0.487 e. The lowest BCUT2D eigenvalue weighted by Crippen LogP contribution is -2.07. The van der Waals surface area contributed by atoms with E-state index < -0.39 is 5.97 Å². The highest BCUT2D eigenvalue weighted by molar-refractivity contribution is 9.11. The first-order chi connectivity index (χ1) is 14.5. The molecule has 30 heavy (non-hydrogen) atoms. The van der Waals surface area contributed by atoms with E-state index in [0.29, 0.717) is 32.6 Å². The first-order valence-electron chi connectivity index (χ1n) is 8.94. The van der Waals surface area contributed by atoms with E-state index >= 15 is 0 Å². The Kier molecular flexibility index (Phi) is 6.11. The number of benzene rings is 3. The van der Waals surface area contributed by atoms with Crippen molar-refractivity contribution in [3.05, 3.63) is 104 Å². The van der Waals surface area contributed by atoms with Gasteiger partial charge in [0.05, 0.1) is 10.0 Å².